The molecular weight excluding hydrogens is 310 g/mol. The standard InChI is InChI=1S/C10H13NO7S2/c1-19(13,14)17-8-5-3-7(4-6-8)9(10(11)12)18-20(2,15)16/h3-6,9H,1-2H3,(H2,11,12)/t9-/m0/s1. The fourth-order valence-corrected chi connectivity index (χ4v) is 2.33. The molecule has 0 aromatic heterocycles. The number of hydrogen-bond acceptors (Lipinski definition) is 7. The summed E-state index contributed by atoms with van der Waals surface area (Å²) in [7, 11) is -7.56. The van der Waals surface area contributed by atoms with E-state index in [4.69, 9.17) is 5.73 Å². The maximum absolute atomic E-state index is 11.2. The van der Waals surface area contributed by atoms with Gasteiger partial charge in [-0.15, -0.1) is 0 Å². The van der Waals surface area contributed by atoms with Crippen LogP contribution >= 0.6 is 0 Å². The predicted molar refractivity (Wildman–Crippen MR) is 69.8 cm³/mol. The van der Waals surface area contributed by atoms with Gasteiger partial charge in [-0.3, -0.25) is 8.98 Å². The molecule has 1 rings (SSSR count). The third-order valence-electron chi connectivity index (χ3n) is 1.96. The molecule has 0 saturated carbocycles. The van der Waals surface area contributed by atoms with Gasteiger partial charge >= 0.3 is 10.1 Å². The topological polar surface area (TPSA) is 130 Å². The minimum Gasteiger partial charge on any atom is -0.383 e. The molecule has 1 aromatic rings. The second-order valence-corrected chi connectivity index (χ2v) is 7.11. The van der Waals surface area contributed by atoms with Gasteiger partial charge in [-0.1, -0.05) is 12.1 Å². The van der Waals surface area contributed by atoms with E-state index in [2.05, 4.69) is 8.37 Å². The van der Waals surface area contributed by atoms with Crippen LogP contribution in [0.5, 0.6) is 5.75 Å². The highest BCUT2D eigenvalue weighted by atomic mass is 32.2. The molecule has 20 heavy (non-hydrogen) atoms. The largest absolute Gasteiger partial charge is 0.383 e. The normalized spacial score (nSPS) is 13.7. The van der Waals surface area contributed by atoms with E-state index in [1.54, 1.807) is 0 Å². The Hall–Kier alpha value is -1.65. The monoisotopic (exact) mass is 323 g/mol. The molecule has 0 unspecified atom stereocenters. The van der Waals surface area contributed by atoms with E-state index in [1.807, 2.05) is 0 Å². The highest BCUT2D eigenvalue weighted by Crippen LogP contribution is 2.22. The second kappa shape index (κ2) is 5.77. The number of primary amides is 1. The maximum atomic E-state index is 11.2. The zero-order valence-electron chi connectivity index (χ0n) is 10.6. The van der Waals surface area contributed by atoms with Crippen LogP contribution in [0.2, 0.25) is 0 Å². The molecule has 112 valence electrons. The maximum Gasteiger partial charge on any atom is 0.306 e. The van der Waals surface area contributed by atoms with Crippen LogP contribution in [0.15, 0.2) is 24.3 Å². The summed E-state index contributed by atoms with van der Waals surface area (Å²) in [5.74, 6) is -0.981. The molecule has 0 spiro atoms. The summed E-state index contributed by atoms with van der Waals surface area (Å²) in [4.78, 5) is 11.2. The first-order valence-electron chi connectivity index (χ1n) is 5.15. The highest BCUT2D eigenvalue weighted by Gasteiger charge is 2.23. The molecule has 0 bridgehead atoms. The molecule has 1 aromatic carbocycles. The van der Waals surface area contributed by atoms with Crippen LogP contribution < -0.4 is 9.92 Å². The Morgan fingerprint density at radius 2 is 1.55 bits per heavy atom. The number of amides is 1. The Morgan fingerprint density at radius 3 is 1.90 bits per heavy atom. The van der Waals surface area contributed by atoms with Crippen molar-refractivity contribution < 1.29 is 30.0 Å². The fourth-order valence-electron chi connectivity index (χ4n) is 1.32. The number of carbonyl (C=O) groups is 1. The lowest BCUT2D eigenvalue weighted by Gasteiger charge is -2.13. The van der Waals surface area contributed by atoms with E-state index >= 15 is 0 Å². The van der Waals surface area contributed by atoms with Crippen molar-refractivity contribution in [2.24, 2.45) is 5.73 Å². The van der Waals surface area contributed by atoms with E-state index in [0.717, 1.165) is 12.5 Å². The summed E-state index contributed by atoms with van der Waals surface area (Å²) in [5.41, 5.74) is 5.22. The van der Waals surface area contributed by atoms with Crippen molar-refractivity contribution in [1.82, 2.24) is 0 Å². The summed E-state index contributed by atoms with van der Waals surface area (Å²) >= 11 is 0. The SMILES string of the molecule is CS(=O)(=O)Oc1ccc([C@H](OS(C)(=O)=O)C(N)=O)cc1. The van der Waals surface area contributed by atoms with Gasteiger partial charge in [0.2, 0.25) is 0 Å². The summed E-state index contributed by atoms with van der Waals surface area (Å²) < 4.78 is 53.1. The van der Waals surface area contributed by atoms with Crippen LogP contribution in [0.4, 0.5) is 0 Å². The second-order valence-electron chi connectivity index (χ2n) is 3.94. The molecule has 1 atom stereocenters. The van der Waals surface area contributed by atoms with E-state index in [1.165, 1.54) is 24.3 Å². The lowest BCUT2D eigenvalue weighted by Crippen LogP contribution is -2.25. The minimum atomic E-state index is -3.88. The first-order valence-corrected chi connectivity index (χ1v) is 8.78. The van der Waals surface area contributed by atoms with Gasteiger partial charge in [-0.2, -0.15) is 16.8 Å². The smallest absolute Gasteiger partial charge is 0.306 e. The van der Waals surface area contributed by atoms with E-state index < -0.39 is 32.2 Å². The van der Waals surface area contributed by atoms with Crippen LogP contribution in [-0.2, 0) is 29.2 Å². The molecule has 8 nitrogen and oxygen atoms in total. The van der Waals surface area contributed by atoms with E-state index in [-0.39, 0.29) is 11.3 Å². The van der Waals surface area contributed by atoms with Crippen molar-refractivity contribution in [3.63, 3.8) is 0 Å². The lowest BCUT2D eigenvalue weighted by molar-refractivity contribution is -0.124. The molecule has 0 saturated heterocycles. The van der Waals surface area contributed by atoms with Crippen molar-refractivity contribution in [3.05, 3.63) is 29.8 Å². The van der Waals surface area contributed by atoms with Crippen LogP contribution in [-0.4, -0.2) is 35.3 Å². The van der Waals surface area contributed by atoms with E-state index in [9.17, 15) is 21.6 Å². The van der Waals surface area contributed by atoms with Crippen LogP contribution in [0.25, 0.3) is 0 Å². The Balaban J connectivity index is 3.03. The Bertz CT molecular complexity index is 692. The molecule has 0 heterocycles. The average Bonchev–Trinajstić information content (AvgIpc) is 2.23. The van der Waals surface area contributed by atoms with E-state index in [0.29, 0.717) is 0 Å². The molecule has 1 amide bonds. The summed E-state index contributed by atoms with van der Waals surface area (Å²) in [6, 6.07) is 5.05. The number of carbonyl (C=O) groups excluding carboxylic acids is 1. The molecule has 0 aliphatic rings. The Morgan fingerprint density at radius 1 is 1.05 bits per heavy atom. The zero-order valence-corrected chi connectivity index (χ0v) is 12.3. The minimum absolute atomic E-state index is 0.0128. The number of benzene rings is 1. The van der Waals surface area contributed by atoms with Crippen molar-refractivity contribution in [3.8, 4) is 5.75 Å². The highest BCUT2D eigenvalue weighted by molar-refractivity contribution is 7.86. The number of hydrogen-bond donors (Lipinski definition) is 1. The van der Waals surface area contributed by atoms with Gasteiger partial charge in [0.1, 0.15) is 5.75 Å². The molecule has 0 fully saturated rings. The fraction of sp³-hybridized carbons (Fsp3) is 0.300. The summed E-state index contributed by atoms with van der Waals surface area (Å²) in [5, 5.41) is 0. The first-order chi connectivity index (χ1) is 8.98. The molecule has 10 heteroatoms. The lowest BCUT2D eigenvalue weighted by atomic mass is 10.1. The number of nitrogens with two attached hydrogens (primary N) is 1. The molecule has 2 N–H and O–H groups in total. The van der Waals surface area contributed by atoms with Crippen molar-refractivity contribution >= 4 is 26.1 Å². The average molecular weight is 323 g/mol. The molecule has 0 aliphatic heterocycles. The van der Waals surface area contributed by atoms with Crippen LogP contribution in [0, 0.1) is 0 Å². The van der Waals surface area contributed by atoms with Gasteiger partial charge in [0.25, 0.3) is 16.0 Å². The van der Waals surface area contributed by atoms with Gasteiger partial charge in [0.15, 0.2) is 6.10 Å². The van der Waals surface area contributed by atoms with Gasteiger partial charge in [0, 0.05) is 0 Å². The third kappa shape index (κ3) is 5.55. The Labute approximate surface area is 116 Å². The van der Waals surface area contributed by atoms with Crippen LogP contribution in [0.1, 0.15) is 11.7 Å². The van der Waals surface area contributed by atoms with Gasteiger partial charge < -0.3 is 9.92 Å². The van der Waals surface area contributed by atoms with Gasteiger partial charge in [0.05, 0.1) is 12.5 Å². The van der Waals surface area contributed by atoms with Crippen molar-refractivity contribution in [2.75, 3.05) is 12.5 Å². The zero-order chi connectivity index (χ0) is 15.6. The predicted octanol–water partition coefficient (Wildman–Crippen LogP) is -0.472. The van der Waals surface area contributed by atoms with Crippen molar-refractivity contribution in [2.45, 2.75) is 6.10 Å². The molecular formula is C10H13NO7S2. The summed E-state index contributed by atoms with van der Waals surface area (Å²) in [6.45, 7) is 0. The summed E-state index contributed by atoms with van der Waals surface area (Å²) in [6.07, 6.45) is 0.168. The quantitative estimate of drug-likeness (QED) is 0.700. The molecule has 0 aliphatic carbocycles. The number of rotatable bonds is 6. The van der Waals surface area contributed by atoms with Gasteiger partial charge in [-0.25, -0.2) is 0 Å². The van der Waals surface area contributed by atoms with Crippen molar-refractivity contribution in [1.29, 1.82) is 0 Å². The molecule has 0 radical (unpaired) electrons. The first kappa shape index (κ1) is 16.4. The third-order valence-corrected chi connectivity index (χ3v) is 3.00. The van der Waals surface area contributed by atoms with Crippen LogP contribution in [0.3, 0.4) is 0 Å². The van der Waals surface area contributed by atoms with Gasteiger partial charge in [-0.05, 0) is 17.7 Å². The Kier molecular flexibility index (Phi) is 4.73.